The fraction of sp³-hybridized carbons (Fsp3) is 0. The Morgan fingerprint density at radius 1 is 1.55 bits per heavy atom. The Morgan fingerprint density at radius 2 is 2.27 bits per heavy atom. The number of hydrazine groups is 1. The highest BCUT2D eigenvalue weighted by molar-refractivity contribution is 7.80. The summed E-state index contributed by atoms with van der Waals surface area (Å²) >= 11 is 4.11. The fourth-order valence-corrected chi connectivity index (χ4v) is 0.946. The van der Waals surface area contributed by atoms with Crippen molar-refractivity contribution in [2.75, 3.05) is 5.43 Å². The molecular formula is C7H8N2OS. The molecule has 11 heavy (non-hydrogen) atoms. The molecule has 0 unspecified atom stereocenters. The summed E-state index contributed by atoms with van der Waals surface area (Å²) < 4.78 is 0. The molecule has 0 fully saturated rings. The van der Waals surface area contributed by atoms with E-state index in [1.54, 1.807) is 18.2 Å². The first kappa shape index (κ1) is 8.10. The van der Waals surface area contributed by atoms with E-state index in [0.717, 1.165) is 11.2 Å². The maximum absolute atomic E-state index is 10.3. The van der Waals surface area contributed by atoms with Gasteiger partial charge in [-0.15, -0.1) is 12.6 Å². The van der Waals surface area contributed by atoms with Gasteiger partial charge in [0.15, 0.2) is 0 Å². The number of nitrogens with one attached hydrogen (secondary N) is 1. The molecule has 0 heterocycles. The van der Waals surface area contributed by atoms with E-state index in [1.807, 2.05) is 0 Å². The molecule has 4 heteroatoms. The first-order valence-electron chi connectivity index (χ1n) is 3.02. The average Bonchev–Trinajstić information content (AvgIpc) is 2.05. The first-order valence-corrected chi connectivity index (χ1v) is 3.47. The van der Waals surface area contributed by atoms with Gasteiger partial charge in [-0.3, -0.25) is 10.6 Å². The molecule has 1 aromatic rings. The Kier molecular flexibility index (Phi) is 2.51. The van der Waals surface area contributed by atoms with Gasteiger partial charge in [0.25, 0.3) is 0 Å². The van der Waals surface area contributed by atoms with Crippen LogP contribution in [-0.4, -0.2) is 6.29 Å². The predicted octanol–water partition coefficient (Wildman–Crippen LogP) is 1.07. The molecule has 0 atom stereocenters. The van der Waals surface area contributed by atoms with E-state index in [9.17, 15) is 4.79 Å². The Bertz CT molecular complexity index is 275. The second kappa shape index (κ2) is 3.41. The number of nitrogens with two attached hydrogens (primary N) is 1. The topological polar surface area (TPSA) is 55.1 Å². The molecule has 0 amide bonds. The third kappa shape index (κ3) is 1.72. The number of aldehydes is 1. The summed E-state index contributed by atoms with van der Waals surface area (Å²) in [5.74, 6) is 5.16. The minimum Gasteiger partial charge on any atom is -0.323 e. The molecule has 0 saturated heterocycles. The second-order valence-electron chi connectivity index (χ2n) is 2.04. The number of benzene rings is 1. The van der Waals surface area contributed by atoms with E-state index < -0.39 is 0 Å². The van der Waals surface area contributed by atoms with Crippen LogP contribution in [-0.2, 0) is 0 Å². The summed E-state index contributed by atoms with van der Waals surface area (Å²) in [4.78, 5) is 11.0. The van der Waals surface area contributed by atoms with Crippen molar-refractivity contribution in [1.29, 1.82) is 0 Å². The molecule has 0 radical (unpaired) electrons. The summed E-state index contributed by atoms with van der Waals surface area (Å²) in [7, 11) is 0. The summed E-state index contributed by atoms with van der Waals surface area (Å²) in [6, 6.07) is 5.02. The summed E-state index contributed by atoms with van der Waals surface area (Å²) in [5, 5.41) is 0. The number of thiol groups is 1. The maximum Gasteiger partial charge on any atom is 0.150 e. The lowest BCUT2D eigenvalue weighted by atomic mass is 10.2. The molecule has 1 aromatic carbocycles. The van der Waals surface area contributed by atoms with Crippen molar-refractivity contribution in [3.63, 3.8) is 0 Å². The van der Waals surface area contributed by atoms with Gasteiger partial charge in [0, 0.05) is 10.5 Å². The number of nitrogen functional groups attached to an aromatic ring is 1. The third-order valence-electron chi connectivity index (χ3n) is 1.31. The van der Waals surface area contributed by atoms with E-state index >= 15 is 0 Å². The minimum atomic E-state index is 0.579. The molecule has 0 aliphatic heterocycles. The molecule has 0 aliphatic carbocycles. The Labute approximate surface area is 70.0 Å². The van der Waals surface area contributed by atoms with Gasteiger partial charge in [-0.2, -0.15) is 0 Å². The van der Waals surface area contributed by atoms with E-state index in [-0.39, 0.29) is 0 Å². The minimum absolute atomic E-state index is 0.579. The van der Waals surface area contributed by atoms with Crippen LogP contribution in [0.15, 0.2) is 23.1 Å². The van der Waals surface area contributed by atoms with Crippen LogP contribution in [0, 0.1) is 0 Å². The number of hydrogen-bond donors (Lipinski definition) is 3. The lowest BCUT2D eigenvalue weighted by Crippen LogP contribution is -2.07. The van der Waals surface area contributed by atoms with Crippen molar-refractivity contribution in [1.82, 2.24) is 0 Å². The van der Waals surface area contributed by atoms with Gasteiger partial charge in [0.05, 0.1) is 5.69 Å². The van der Waals surface area contributed by atoms with E-state index in [1.165, 1.54) is 0 Å². The number of rotatable bonds is 2. The van der Waals surface area contributed by atoms with Gasteiger partial charge in [-0.1, -0.05) is 6.07 Å². The molecular weight excluding hydrogens is 160 g/mol. The van der Waals surface area contributed by atoms with Crippen LogP contribution < -0.4 is 11.3 Å². The van der Waals surface area contributed by atoms with Gasteiger partial charge in [0.1, 0.15) is 6.29 Å². The molecule has 3 N–H and O–H groups in total. The monoisotopic (exact) mass is 168 g/mol. The molecule has 58 valence electrons. The van der Waals surface area contributed by atoms with Gasteiger partial charge >= 0.3 is 0 Å². The lowest BCUT2D eigenvalue weighted by molar-refractivity contribution is 0.112. The number of anilines is 1. The highest BCUT2D eigenvalue weighted by atomic mass is 32.1. The largest absolute Gasteiger partial charge is 0.323 e. The molecule has 3 nitrogen and oxygen atoms in total. The van der Waals surface area contributed by atoms with Crippen molar-refractivity contribution in [2.24, 2.45) is 5.84 Å². The summed E-state index contributed by atoms with van der Waals surface area (Å²) in [5.41, 5.74) is 3.66. The summed E-state index contributed by atoms with van der Waals surface area (Å²) in [6.45, 7) is 0. The molecule has 0 spiro atoms. The third-order valence-corrected chi connectivity index (χ3v) is 1.70. The van der Waals surface area contributed by atoms with Gasteiger partial charge in [-0.05, 0) is 12.1 Å². The summed E-state index contributed by atoms with van der Waals surface area (Å²) in [6.07, 6.45) is 0.758. The predicted molar refractivity (Wildman–Crippen MR) is 46.9 cm³/mol. The normalized spacial score (nSPS) is 9.27. The number of carbonyl (C=O) groups excluding carboxylic acids is 1. The Morgan fingerprint density at radius 3 is 2.82 bits per heavy atom. The first-order chi connectivity index (χ1) is 5.27. The van der Waals surface area contributed by atoms with Crippen molar-refractivity contribution in [3.8, 4) is 0 Å². The van der Waals surface area contributed by atoms with Crippen molar-refractivity contribution < 1.29 is 4.79 Å². The molecule has 0 bridgehead atoms. The average molecular weight is 168 g/mol. The zero-order valence-electron chi connectivity index (χ0n) is 5.74. The lowest BCUT2D eigenvalue weighted by Gasteiger charge is -2.02. The van der Waals surface area contributed by atoms with Crippen LogP contribution in [0.2, 0.25) is 0 Å². The van der Waals surface area contributed by atoms with Gasteiger partial charge < -0.3 is 5.43 Å². The van der Waals surface area contributed by atoms with Crippen molar-refractivity contribution >= 4 is 24.6 Å². The quantitative estimate of drug-likeness (QED) is 0.268. The Balaban J connectivity index is 3.12. The van der Waals surface area contributed by atoms with Crippen LogP contribution in [0.3, 0.4) is 0 Å². The molecule has 0 saturated carbocycles. The molecule has 0 aromatic heterocycles. The van der Waals surface area contributed by atoms with E-state index in [0.29, 0.717) is 11.3 Å². The SMILES string of the molecule is NNc1cc(C=O)ccc1S. The number of carbonyl (C=O) groups is 1. The van der Waals surface area contributed by atoms with Crippen LogP contribution in [0.4, 0.5) is 5.69 Å². The maximum atomic E-state index is 10.3. The van der Waals surface area contributed by atoms with Crippen molar-refractivity contribution in [2.45, 2.75) is 4.90 Å². The standard InChI is InChI=1S/C7H8N2OS/c8-9-6-3-5(4-10)1-2-7(6)11/h1-4,9,11H,8H2. The van der Waals surface area contributed by atoms with E-state index in [2.05, 4.69) is 18.1 Å². The second-order valence-corrected chi connectivity index (χ2v) is 2.52. The zero-order valence-corrected chi connectivity index (χ0v) is 6.64. The molecule has 1 rings (SSSR count). The van der Waals surface area contributed by atoms with Crippen LogP contribution in [0.5, 0.6) is 0 Å². The highest BCUT2D eigenvalue weighted by Gasteiger charge is 1.97. The highest BCUT2D eigenvalue weighted by Crippen LogP contribution is 2.18. The van der Waals surface area contributed by atoms with Gasteiger partial charge in [0.2, 0.25) is 0 Å². The van der Waals surface area contributed by atoms with Crippen molar-refractivity contribution in [3.05, 3.63) is 23.8 Å². The van der Waals surface area contributed by atoms with E-state index in [4.69, 9.17) is 5.84 Å². The van der Waals surface area contributed by atoms with Crippen LogP contribution >= 0.6 is 12.6 Å². The smallest absolute Gasteiger partial charge is 0.150 e. The van der Waals surface area contributed by atoms with Gasteiger partial charge in [-0.25, -0.2) is 0 Å². The van der Waals surface area contributed by atoms with Crippen LogP contribution in [0.25, 0.3) is 0 Å². The van der Waals surface area contributed by atoms with Crippen LogP contribution in [0.1, 0.15) is 10.4 Å². The fourth-order valence-electron chi connectivity index (χ4n) is 0.743. The number of hydrogen-bond acceptors (Lipinski definition) is 4. The molecule has 0 aliphatic rings. The zero-order chi connectivity index (χ0) is 8.27. The Hall–Kier alpha value is -1.000.